The fraction of sp³-hybridized carbons (Fsp3) is 0.800. The van der Waals surface area contributed by atoms with Crippen LogP contribution in [0.5, 0.6) is 0 Å². The van der Waals surface area contributed by atoms with Crippen LogP contribution in [0.25, 0.3) is 0 Å². The van der Waals surface area contributed by atoms with Gasteiger partial charge in [0.05, 0.1) is 5.25 Å². The minimum Gasteiger partial charge on any atom is -0.336 e. The lowest BCUT2D eigenvalue weighted by atomic mass is 9.91. The summed E-state index contributed by atoms with van der Waals surface area (Å²) in [6.07, 6.45) is 11.6. The van der Waals surface area contributed by atoms with E-state index in [9.17, 15) is 13.2 Å². The number of carbonyl (C=O) groups excluding carboxylic acids is 1. The smallest absolute Gasteiger partial charge is 0.226 e. The topological polar surface area (TPSA) is 54.5 Å². The van der Waals surface area contributed by atoms with E-state index in [1.54, 1.807) is 0 Å². The third-order valence-corrected chi connectivity index (χ3v) is 6.76. The summed E-state index contributed by atoms with van der Waals surface area (Å²) in [5.41, 5.74) is 0. The predicted molar refractivity (Wildman–Crippen MR) is 78.0 cm³/mol. The maximum Gasteiger partial charge on any atom is 0.226 e. The Kier molecular flexibility index (Phi) is 3.65. The quantitative estimate of drug-likeness (QED) is 0.732. The molecule has 20 heavy (non-hydrogen) atoms. The highest BCUT2D eigenvalue weighted by molar-refractivity contribution is 7.91. The highest BCUT2D eigenvalue weighted by Gasteiger charge is 2.46. The lowest BCUT2D eigenvalue weighted by Crippen LogP contribution is -2.51. The molecule has 1 aliphatic carbocycles. The van der Waals surface area contributed by atoms with Crippen LogP contribution in [0.4, 0.5) is 0 Å². The van der Waals surface area contributed by atoms with Gasteiger partial charge >= 0.3 is 0 Å². The van der Waals surface area contributed by atoms with Gasteiger partial charge in [-0.3, -0.25) is 4.79 Å². The number of rotatable bonds is 2. The molecule has 0 aromatic heterocycles. The molecule has 4 nitrogen and oxygen atoms in total. The number of hydrogen-bond acceptors (Lipinski definition) is 3. The lowest BCUT2D eigenvalue weighted by molar-refractivity contribution is -0.140. The Labute approximate surface area is 121 Å². The standard InChI is InChI=1S/C15H23NO3S/c1-20(18,19)14-9-12-7-8-13(10-14)16(12)15(17)11-5-3-2-4-6-11/h2-3,11-14H,4-10H2,1H3/t11-,12-,13+,14?/m0/s1. The summed E-state index contributed by atoms with van der Waals surface area (Å²) >= 11 is 0. The molecule has 2 heterocycles. The predicted octanol–water partition coefficient (Wildman–Crippen LogP) is 1.91. The van der Waals surface area contributed by atoms with Crippen molar-refractivity contribution in [1.29, 1.82) is 0 Å². The van der Waals surface area contributed by atoms with Crippen molar-refractivity contribution in [3.8, 4) is 0 Å². The number of sulfone groups is 1. The van der Waals surface area contributed by atoms with Crippen LogP contribution in [0.2, 0.25) is 0 Å². The Morgan fingerprint density at radius 2 is 1.75 bits per heavy atom. The normalized spacial score (nSPS) is 37.1. The maximum absolute atomic E-state index is 12.7. The van der Waals surface area contributed by atoms with Crippen molar-refractivity contribution < 1.29 is 13.2 Å². The Morgan fingerprint density at radius 3 is 2.25 bits per heavy atom. The van der Waals surface area contributed by atoms with Crippen molar-refractivity contribution in [3.63, 3.8) is 0 Å². The van der Waals surface area contributed by atoms with Gasteiger partial charge in [0.25, 0.3) is 0 Å². The van der Waals surface area contributed by atoms with Crippen LogP contribution in [0, 0.1) is 5.92 Å². The molecule has 3 aliphatic rings. The SMILES string of the molecule is CS(=O)(=O)C1C[C@H]2CC[C@@H](C1)N2C(=O)[C@H]1CC=CCC1. The number of hydrogen-bond donors (Lipinski definition) is 0. The van der Waals surface area contributed by atoms with E-state index in [4.69, 9.17) is 0 Å². The molecule has 3 rings (SSSR count). The van der Waals surface area contributed by atoms with Crippen molar-refractivity contribution >= 4 is 15.7 Å². The van der Waals surface area contributed by atoms with Gasteiger partial charge in [0.2, 0.25) is 5.91 Å². The minimum atomic E-state index is -2.97. The number of nitrogens with zero attached hydrogens (tertiary/aromatic N) is 1. The molecular formula is C15H23NO3S. The van der Waals surface area contributed by atoms with E-state index in [0.29, 0.717) is 12.8 Å². The van der Waals surface area contributed by atoms with Crippen LogP contribution in [0.3, 0.4) is 0 Å². The van der Waals surface area contributed by atoms with Gasteiger partial charge in [0.15, 0.2) is 0 Å². The number of allylic oxidation sites excluding steroid dienone is 2. The first-order chi connectivity index (χ1) is 9.47. The summed E-state index contributed by atoms with van der Waals surface area (Å²) in [7, 11) is -2.97. The molecule has 4 atom stereocenters. The van der Waals surface area contributed by atoms with E-state index in [-0.39, 0.29) is 29.2 Å². The molecule has 0 N–H and O–H groups in total. The van der Waals surface area contributed by atoms with Crippen LogP contribution in [-0.2, 0) is 14.6 Å². The van der Waals surface area contributed by atoms with E-state index in [1.807, 2.05) is 4.90 Å². The van der Waals surface area contributed by atoms with Crippen molar-refractivity contribution in [2.24, 2.45) is 5.92 Å². The molecule has 5 heteroatoms. The molecule has 2 fully saturated rings. The van der Waals surface area contributed by atoms with E-state index >= 15 is 0 Å². The number of amides is 1. The summed E-state index contributed by atoms with van der Waals surface area (Å²) in [6, 6.07) is 0.318. The molecule has 2 bridgehead atoms. The zero-order valence-corrected chi connectivity index (χ0v) is 12.8. The van der Waals surface area contributed by atoms with Crippen LogP contribution in [0.1, 0.15) is 44.9 Å². The summed E-state index contributed by atoms with van der Waals surface area (Å²) in [4.78, 5) is 14.8. The third kappa shape index (κ3) is 2.52. The lowest BCUT2D eigenvalue weighted by Gasteiger charge is -2.40. The van der Waals surface area contributed by atoms with Gasteiger partial charge in [0, 0.05) is 24.3 Å². The largest absolute Gasteiger partial charge is 0.336 e. The van der Waals surface area contributed by atoms with Gasteiger partial charge in [-0.05, 0) is 44.9 Å². The van der Waals surface area contributed by atoms with Gasteiger partial charge in [-0.15, -0.1) is 0 Å². The zero-order valence-electron chi connectivity index (χ0n) is 12.0. The van der Waals surface area contributed by atoms with Gasteiger partial charge in [0.1, 0.15) is 9.84 Å². The first-order valence-corrected chi connectivity index (χ1v) is 9.58. The molecule has 2 saturated heterocycles. The summed E-state index contributed by atoms with van der Waals surface area (Å²) < 4.78 is 23.5. The fourth-order valence-electron chi connectivity index (χ4n) is 4.07. The van der Waals surface area contributed by atoms with Gasteiger partial charge in [-0.2, -0.15) is 0 Å². The van der Waals surface area contributed by atoms with Gasteiger partial charge < -0.3 is 4.90 Å². The third-order valence-electron chi connectivity index (χ3n) is 5.17. The second-order valence-electron chi connectivity index (χ2n) is 6.53. The Balaban J connectivity index is 1.74. The van der Waals surface area contributed by atoms with Crippen LogP contribution >= 0.6 is 0 Å². The number of piperidine rings is 1. The zero-order chi connectivity index (χ0) is 14.3. The molecule has 0 radical (unpaired) electrons. The molecule has 0 saturated carbocycles. The minimum absolute atomic E-state index is 0.123. The molecule has 0 aromatic rings. The highest BCUT2D eigenvalue weighted by atomic mass is 32.2. The van der Waals surface area contributed by atoms with Crippen LogP contribution < -0.4 is 0 Å². The van der Waals surface area contributed by atoms with Crippen molar-refractivity contribution in [2.45, 2.75) is 62.3 Å². The van der Waals surface area contributed by atoms with E-state index in [1.165, 1.54) is 6.26 Å². The summed E-state index contributed by atoms with van der Waals surface area (Å²) in [5, 5.41) is -0.240. The van der Waals surface area contributed by atoms with Crippen molar-refractivity contribution in [3.05, 3.63) is 12.2 Å². The molecule has 2 aliphatic heterocycles. The number of carbonyl (C=O) groups is 1. The Bertz CT molecular complexity index is 511. The van der Waals surface area contributed by atoms with E-state index < -0.39 is 9.84 Å². The summed E-state index contributed by atoms with van der Waals surface area (Å²) in [5.74, 6) is 0.395. The average molecular weight is 297 g/mol. The van der Waals surface area contributed by atoms with E-state index in [2.05, 4.69) is 12.2 Å². The second-order valence-corrected chi connectivity index (χ2v) is 8.86. The molecule has 1 amide bonds. The van der Waals surface area contributed by atoms with Gasteiger partial charge in [-0.25, -0.2) is 8.42 Å². The first kappa shape index (κ1) is 14.1. The van der Waals surface area contributed by atoms with Crippen LogP contribution in [0.15, 0.2) is 12.2 Å². The van der Waals surface area contributed by atoms with Crippen LogP contribution in [-0.4, -0.2) is 42.8 Å². The number of fused-ring (bicyclic) bond motifs is 2. The molecule has 1 unspecified atom stereocenters. The second kappa shape index (κ2) is 5.17. The first-order valence-electron chi connectivity index (χ1n) is 7.63. The average Bonchev–Trinajstić information content (AvgIpc) is 2.67. The molecular weight excluding hydrogens is 274 g/mol. The molecule has 0 aromatic carbocycles. The van der Waals surface area contributed by atoms with Crippen molar-refractivity contribution in [2.75, 3.05) is 6.26 Å². The molecule has 0 spiro atoms. The molecule has 112 valence electrons. The summed E-state index contributed by atoms with van der Waals surface area (Å²) in [6.45, 7) is 0. The fourth-order valence-corrected chi connectivity index (χ4v) is 5.21. The maximum atomic E-state index is 12.7. The Hall–Kier alpha value is -0.840. The Morgan fingerprint density at radius 1 is 1.10 bits per heavy atom. The highest BCUT2D eigenvalue weighted by Crippen LogP contribution is 2.39. The monoisotopic (exact) mass is 297 g/mol. The van der Waals surface area contributed by atoms with Gasteiger partial charge in [-0.1, -0.05) is 12.2 Å². The van der Waals surface area contributed by atoms with Crippen molar-refractivity contribution in [1.82, 2.24) is 4.90 Å². The van der Waals surface area contributed by atoms with E-state index in [0.717, 1.165) is 32.1 Å².